The van der Waals surface area contributed by atoms with E-state index in [-0.39, 0.29) is 18.9 Å². The monoisotopic (exact) mass is 275 g/mol. The van der Waals surface area contributed by atoms with Gasteiger partial charge in [-0.2, -0.15) is 13.2 Å². The summed E-state index contributed by atoms with van der Waals surface area (Å²) in [5.41, 5.74) is -0.756. The molecule has 1 aliphatic carbocycles. The number of hydrogen-bond donors (Lipinski definition) is 1. The molecule has 0 spiro atoms. The molecule has 100 valence electrons. The van der Waals surface area contributed by atoms with Gasteiger partial charge in [0.05, 0.1) is 0 Å². The molecule has 2 rings (SSSR count). The second kappa shape index (κ2) is 4.78. The molecule has 18 heavy (non-hydrogen) atoms. The molecule has 0 bridgehead atoms. The predicted molar refractivity (Wildman–Crippen MR) is 67.8 cm³/mol. The number of benzene rings is 1. The Kier molecular flexibility index (Phi) is 3.65. The van der Waals surface area contributed by atoms with Crippen LogP contribution < -0.4 is 5.32 Å². The lowest BCUT2D eigenvalue weighted by molar-refractivity contribution is -0.167. The lowest BCUT2D eigenvalue weighted by atomic mass is 10.1. The first-order valence-electron chi connectivity index (χ1n) is 5.86. The zero-order chi connectivity index (χ0) is 13.4. The molecule has 1 nitrogen and oxygen atoms in total. The molecule has 1 atom stereocenters. The molecule has 0 amide bonds. The molecule has 5 heteroatoms. The van der Waals surface area contributed by atoms with Gasteiger partial charge in [0.25, 0.3) is 0 Å². The fourth-order valence-electron chi connectivity index (χ4n) is 2.03. The quantitative estimate of drug-likeness (QED) is 0.828. The molecule has 0 saturated heterocycles. The zero-order valence-electron chi connectivity index (χ0n) is 10.3. The van der Waals surface area contributed by atoms with Crippen molar-refractivity contribution in [2.75, 3.05) is 6.26 Å². The van der Waals surface area contributed by atoms with Crippen LogP contribution >= 0.6 is 11.8 Å². The van der Waals surface area contributed by atoms with Crippen molar-refractivity contribution in [1.29, 1.82) is 0 Å². The Morgan fingerprint density at radius 3 is 2.17 bits per heavy atom. The Morgan fingerprint density at radius 2 is 1.78 bits per heavy atom. The Hall–Kier alpha value is -0.680. The lowest BCUT2D eigenvalue weighted by Gasteiger charge is -2.25. The van der Waals surface area contributed by atoms with Crippen LogP contribution in [-0.4, -0.2) is 18.0 Å². The van der Waals surface area contributed by atoms with Crippen molar-refractivity contribution in [2.24, 2.45) is 0 Å². The molecular weight excluding hydrogens is 259 g/mol. The third-order valence-electron chi connectivity index (χ3n) is 3.40. The average molecular weight is 275 g/mol. The fraction of sp³-hybridized carbons (Fsp3) is 0.538. The van der Waals surface area contributed by atoms with Crippen LogP contribution in [-0.2, 0) is 0 Å². The van der Waals surface area contributed by atoms with Crippen molar-refractivity contribution in [1.82, 2.24) is 5.32 Å². The van der Waals surface area contributed by atoms with E-state index in [2.05, 4.69) is 5.32 Å². The molecule has 1 unspecified atom stereocenters. The van der Waals surface area contributed by atoms with Gasteiger partial charge in [0.1, 0.15) is 5.54 Å². The predicted octanol–water partition coefficient (Wildman–Crippen LogP) is 4.15. The first kappa shape index (κ1) is 13.7. The minimum atomic E-state index is -4.15. The molecule has 1 aromatic carbocycles. The second-order valence-corrected chi connectivity index (χ2v) is 5.60. The molecule has 0 aromatic heterocycles. The summed E-state index contributed by atoms with van der Waals surface area (Å²) in [5.74, 6) is 0. The van der Waals surface area contributed by atoms with Gasteiger partial charge in [-0.1, -0.05) is 12.1 Å². The Bertz CT molecular complexity index is 409. The molecule has 1 aromatic rings. The van der Waals surface area contributed by atoms with Crippen LogP contribution in [0.25, 0.3) is 0 Å². The topological polar surface area (TPSA) is 12.0 Å². The Balaban J connectivity index is 2.06. The van der Waals surface area contributed by atoms with Gasteiger partial charge in [0, 0.05) is 10.9 Å². The van der Waals surface area contributed by atoms with Gasteiger partial charge in [0.2, 0.25) is 0 Å². The Labute approximate surface area is 109 Å². The highest BCUT2D eigenvalue weighted by molar-refractivity contribution is 7.98. The van der Waals surface area contributed by atoms with Crippen molar-refractivity contribution >= 4 is 11.8 Å². The molecule has 1 N–H and O–H groups in total. The van der Waals surface area contributed by atoms with Crippen LogP contribution in [0.15, 0.2) is 29.2 Å². The van der Waals surface area contributed by atoms with Crippen molar-refractivity contribution < 1.29 is 13.2 Å². The number of halogens is 3. The van der Waals surface area contributed by atoms with E-state index in [1.807, 2.05) is 30.5 Å². The summed E-state index contributed by atoms with van der Waals surface area (Å²) >= 11 is 1.62. The van der Waals surface area contributed by atoms with Crippen LogP contribution in [0, 0.1) is 0 Å². The smallest absolute Gasteiger partial charge is 0.297 e. The summed E-state index contributed by atoms with van der Waals surface area (Å²) in [6, 6.07) is 7.35. The average Bonchev–Trinajstić information content (AvgIpc) is 3.09. The van der Waals surface area contributed by atoms with Crippen molar-refractivity contribution in [3.8, 4) is 0 Å². The van der Waals surface area contributed by atoms with E-state index in [1.54, 1.807) is 18.7 Å². The number of alkyl halides is 3. The highest BCUT2D eigenvalue weighted by Crippen LogP contribution is 2.50. The molecule has 0 aliphatic heterocycles. The normalized spacial score (nSPS) is 19.6. The van der Waals surface area contributed by atoms with Gasteiger partial charge >= 0.3 is 6.18 Å². The largest absolute Gasteiger partial charge is 0.406 e. The van der Waals surface area contributed by atoms with Crippen molar-refractivity contribution in [2.45, 2.75) is 42.4 Å². The van der Waals surface area contributed by atoms with E-state index in [0.717, 1.165) is 10.5 Å². The number of thioether (sulfide) groups is 1. The van der Waals surface area contributed by atoms with Crippen LogP contribution in [0.4, 0.5) is 13.2 Å². The summed E-state index contributed by atoms with van der Waals surface area (Å²) in [6.45, 7) is 1.78. The van der Waals surface area contributed by atoms with Gasteiger partial charge in [-0.3, -0.25) is 5.32 Å². The third kappa shape index (κ3) is 2.67. The van der Waals surface area contributed by atoms with Gasteiger partial charge in [0.15, 0.2) is 0 Å². The van der Waals surface area contributed by atoms with E-state index < -0.39 is 11.7 Å². The maximum Gasteiger partial charge on any atom is 0.406 e. The number of hydrogen-bond acceptors (Lipinski definition) is 2. The van der Waals surface area contributed by atoms with Gasteiger partial charge in [-0.05, 0) is 43.7 Å². The van der Waals surface area contributed by atoms with Crippen LogP contribution in [0.5, 0.6) is 0 Å². The maximum absolute atomic E-state index is 12.8. The van der Waals surface area contributed by atoms with Crippen molar-refractivity contribution in [3.05, 3.63) is 29.8 Å². The Morgan fingerprint density at radius 1 is 1.22 bits per heavy atom. The summed E-state index contributed by atoms with van der Waals surface area (Å²) in [5, 5.41) is 2.73. The maximum atomic E-state index is 12.8. The van der Waals surface area contributed by atoms with E-state index in [9.17, 15) is 13.2 Å². The van der Waals surface area contributed by atoms with E-state index in [1.165, 1.54) is 0 Å². The molecule has 1 fully saturated rings. The summed E-state index contributed by atoms with van der Waals surface area (Å²) < 4.78 is 38.5. The standard InChI is InChI=1S/C13H16F3NS/c1-9(10-3-5-11(18-2)6-4-10)17-12(7-8-12)13(14,15)16/h3-6,9,17H,7-8H2,1-2H3. The highest BCUT2D eigenvalue weighted by Gasteiger charge is 2.63. The van der Waals surface area contributed by atoms with Crippen LogP contribution in [0.3, 0.4) is 0 Å². The summed E-state index contributed by atoms with van der Waals surface area (Å²) in [7, 11) is 0. The van der Waals surface area contributed by atoms with Crippen LogP contribution in [0.1, 0.15) is 31.4 Å². The van der Waals surface area contributed by atoms with E-state index >= 15 is 0 Å². The third-order valence-corrected chi connectivity index (χ3v) is 4.14. The number of rotatable bonds is 4. The first-order valence-corrected chi connectivity index (χ1v) is 7.09. The van der Waals surface area contributed by atoms with E-state index in [4.69, 9.17) is 0 Å². The summed E-state index contributed by atoms with van der Waals surface area (Å²) in [4.78, 5) is 1.11. The van der Waals surface area contributed by atoms with Crippen LogP contribution in [0.2, 0.25) is 0 Å². The number of nitrogens with one attached hydrogen (secondary N) is 1. The SMILES string of the molecule is CSc1ccc(C(C)NC2(C(F)(F)F)CC2)cc1. The first-order chi connectivity index (χ1) is 8.38. The highest BCUT2D eigenvalue weighted by atomic mass is 32.2. The van der Waals surface area contributed by atoms with Gasteiger partial charge < -0.3 is 0 Å². The molecule has 0 heterocycles. The van der Waals surface area contributed by atoms with Gasteiger partial charge in [-0.25, -0.2) is 0 Å². The molecule has 1 saturated carbocycles. The minimum Gasteiger partial charge on any atom is -0.297 e. The molecule has 0 radical (unpaired) electrons. The van der Waals surface area contributed by atoms with Crippen molar-refractivity contribution in [3.63, 3.8) is 0 Å². The van der Waals surface area contributed by atoms with E-state index in [0.29, 0.717) is 0 Å². The minimum absolute atomic E-state index is 0.184. The molecular formula is C13H16F3NS. The molecule has 1 aliphatic rings. The summed E-state index contributed by atoms with van der Waals surface area (Å²) in [6.07, 6.45) is -1.81. The second-order valence-electron chi connectivity index (χ2n) is 4.72. The van der Waals surface area contributed by atoms with Gasteiger partial charge in [-0.15, -0.1) is 11.8 Å². The zero-order valence-corrected chi connectivity index (χ0v) is 11.2. The lowest BCUT2D eigenvalue weighted by Crippen LogP contribution is -2.45. The fourth-order valence-corrected chi connectivity index (χ4v) is 2.43.